The van der Waals surface area contributed by atoms with Crippen molar-refractivity contribution in [1.29, 1.82) is 0 Å². The SMILES string of the molecule is CC(=C(/N)C(=O)NCc1ccncc1)/C(C)=C(\N)N1CCc2ncc(Br)cc2C1. The molecule has 7 nitrogen and oxygen atoms in total. The molecule has 3 rings (SSSR count). The number of nitrogens with two attached hydrogens (primary N) is 2. The molecule has 2 aromatic rings. The highest BCUT2D eigenvalue weighted by atomic mass is 79.9. The molecule has 0 aromatic carbocycles. The van der Waals surface area contributed by atoms with E-state index < -0.39 is 0 Å². The van der Waals surface area contributed by atoms with Crippen molar-refractivity contribution in [3.05, 3.63) is 80.7 Å². The third-order valence-corrected chi connectivity index (χ3v) is 5.58. The van der Waals surface area contributed by atoms with E-state index >= 15 is 0 Å². The molecule has 29 heavy (non-hydrogen) atoms. The van der Waals surface area contributed by atoms with Crippen LogP contribution in [0.3, 0.4) is 0 Å². The van der Waals surface area contributed by atoms with Crippen molar-refractivity contribution in [1.82, 2.24) is 20.2 Å². The normalized spacial score (nSPS) is 15.2. The number of nitrogens with zero attached hydrogens (tertiary/aromatic N) is 3. The third-order valence-electron chi connectivity index (χ3n) is 5.14. The zero-order valence-corrected chi connectivity index (χ0v) is 18.2. The Morgan fingerprint density at radius 1 is 1.24 bits per heavy atom. The molecule has 0 saturated heterocycles. The second kappa shape index (κ2) is 9.09. The predicted molar refractivity (Wildman–Crippen MR) is 116 cm³/mol. The van der Waals surface area contributed by atoms with Crippen LogP contribution in [-0.2, 0) is 24.3 Å². The quantitative estimate of drug-likeness (QED) is 0.470. The van der Waals surface area contributed by atoms with Crippen LogP contribution in [0.5, 0.6) is 0 Å². The monoisotopic (exact) mass is 456 g/mol. The van der Waals surface area contributed by atoms with Gasteiger partial charge >= 0.3 is 0 Å². The fraction of sp³-hybridized carbons (Fsp3) is 0.286. The fourth-order valence-corrected chi connectivity index (χ4v) is 3.56. The van der Waals surface area contributed by atoms with E-state index in [0.717, 1.165) is 39.8 Å². The van der Waals surface area contributed by atoms with Crippen LogP contribution in [0.2, 0.25) is 0 Å². The number of allylic oxidation sites excluding steroid dienone is 2. The van der Waals surface area contributed by atoms with Crippen LogP contribution in [0, 0.1) is 0 Å². The molecule has 0 saturated carbocycles. The summed E-state index contributed by atoms with van der Waals surface area (Å²) in [4.78, 5) is 23.0. The Hall–Kier alpha value is -2.87. The largest absolute Gasteiger partial charge is 0.394 e. The Bertz CT molecular complexity index is 970. The maximum absolute atomic E-state index is 12.5. The van der Waals surface area contributed by atoms with Crippen molar-refractivity contribution >= 4 is 21.8 Å². The van der Waals surface area contributed by atoms with Crippen molar-refractivity contribution in [3.8, 4) is 0 Å². The highest BCUT2D eigenvalue weighted by molar-refractivity contribution is 9.10. The van der Waals surface area contributed by atoms with Gasteiger partial charge in [0.2, 0.25) is 0 Å². The number of nitrogens with one attached hydrogen (secondary N) is 1. The average molecular weight is 457 g/mol. The summed E-state index contributed by atoms with van der Waals surface area (Å²) >= 11 is 3.47. The van der Waals surface area contributed by atoms with E-state index in [-0.39, 0.29) is 11.6 Å². The number of rotatable bonds is 5. The Balaban J connectivity index is 1.73. The molecule has 1 amide bonds. The standard InChI is InChI=1S/C21H25BrN6O/c1-13(19(23)21(29)27-10-15-3-6-25-7-4-15)14(2)20(24)28-8-5-18-16(12-28)9-17(22)11-26-18/h3-4,6-7,9,11H,5,8,10,12,23-24H2,1-2H3,(H,27,29)/b19-13-,20-14+. The lowest BCUT2D eigenvalue weighted by atomic mass is 10.0. The molecule has 3 heterocycles. The molecular formula is C21H25BrN6O. The first-order chi connectivity index (χ1) is 13.9. The Morgan fingerprint density at radius 3 is 2.69 bits per heavy atom. The van der Waals surface area contributed by atoms with E-state index in [2.05, 4.69) is 42.2 Å². The number of halogens is 1. The van der Waals surface area contributed by atoms with Crippen LogP contribution in [-0.4, -0.2) is 27.3 Å². The lowest BCUT2D eigenvalue weighted by Gasteiger charge is -2.31. The molecule has 0 bridgehead atoms. The maximum atomic E-state index is 12.5. The molecule has 0 spiro atoms. The van der Waals surface area contributed by atoms with Crippen LogP contribution < -0.4 is 16.8 Å². The van der Waals surface area contributed by atoms with Crippen molar-refractivity contribution in [2.45, 2.75) is 33.4 Å². The summed E-state index contributed by atoms with van der Waals surface area (Å²) in [7, 11) is 0. The summed E-state index contributed by atoms with van der Waals surface area (Å²) in [6.45, 7) is 5.54. The van der Waals surface area contributed by atoms with Gasteiger partial charge in [-0.3, -0.25) is 14.8 Å². The van der Waals surface area contributed by atoms with Gasteiger partial charge in [-0.15, -0.1) is 0 Å². The summed E-state index contributed by atoms with van der Waals surface area (Å²) in [5.41, 5.74) is 17.4. The van der Waals surface area contributed by atoms with Gasteiger partial charge in [0.05, 0.1) is 0 Å². The van der Waals surface area contributed by atoms with E-state index in [0.29, 0.717) is 24.5 Å². The van der Waals surface area contributed by atoms with Crippen molar-refractivity contribution < 1.29 is 4.79 Å². The first-order valence-corrected chi connectivity index (χ1v) is 10.1. The Kier molecular flexibility index (Phi) is 6.53. The van der Waals surface area contributed by atoms with Crippen LogP contribution in [0.25, 0.3) is 0 Å². The number of aromatic nitrogens is 2. The molecule has 2 aromatic heterocycles. The smallest absolute Gasteiger partial charge is 0.267 e. The molecule has 152 valence electrons. The minimum Gasteiger partial charge on any atom is -0.394 e. The lowest BCUT2D eigenvalue weighted by molar-refractivity contribution is -0.117. The zero-order chi connectivity index (χ0) is 21.0. The van der Waals surface area contributed by atoms with Gasteiger partial charge in [-0.25, -0.2) is 0 Å². The van der Waals surface area contributed by atoms with Gasteiger partial charge in [0.15, 0.2) is 0 Å². The number of carbonyl (C=O) groups excluding carboxylic acids is 1. The van der Waals surface area contributed by atoms with Crippen LogP contribution in [0.15, 0.2) is 63.9 Å². The summed E-state index contributed by atoms with van der Waals surface area (Å²) in [5.74, 6) is 0.307. The molecule has 1 aliphatic heterocycles. The molecule has 8 heteroatoms. The number of pyridine rings is 2. The summed E-state index contributed by atoms with van der Waals surface area (Å²) in [5, 5.41) is 2.83. The van der Waals surface area contributed by atoms with E-state index in [9.17, 15) is 4.79 Å². The highest BCUT2D eigenvalue weighted by Crippen LogP contribution is 2.24. The third kappa shape index (κ3) is 4.95. The van der Waals surface area contributed by atoms with Gasteiger partial charge in [0.25, 0.3) is 5.91 Å². The van der Waals surface area contributed by atoms with E-state index in [4.69, 9.17) is 11.5 Å². The molecule has 0 unspecified atom stereocenters. The second-order valence-corrected chi connectivity index (χ2v) is 7.93. The average Bonchev–Trinajstić information content (AvgIpc) is 2.75. The topological polar surface area (TPSA) is 110 Å². The number of hydrogen-bond acceptors (Lipinski definition) is 6. The van der Waals surface area contributed by atoms with Crippen molar-refractivity contribution in [2.75, 3.05) is 6.54 Å². The summed E-state index contributed by atoms with van der Waals surface area (Å²) < 4.78 is 0.948. The molecule has 0 aliphatic carbocycles. The first kappa shape index (κ1) is 20.9. The summed E-state index contributed by atoms with van der Waals surface area (Å²) in [6, 6.07) is 5.76. The highest BCUT2D eigenvalue weighted by Gasteiger charge is 2.21. The van der Waals surface area contributed by atoms with Crippen LogP contribution in [0.1, 0.15) is 30.7 Å². The van der Waals surface area contributed by atoms with Gasteiger partial charge in [0.1, 0.15) is 11.5 Å². The van der Waals surface area contributed by atoms with E-state index in [1.165, 1.54) is 0 Å². The number of carbonyl (C=O) groups is 1. The van der Waals surface area contributed by atoms with E-state index in [1.807, 2.05) is 32.2 Å². The predicted octanol–water partition coefficient (Wildman–Crippen LogP) is 2.34. The molecule has 5 N–H and O–H groups in total. The number of fused-ring (bicyclic) bond motifs is 1. The molecular weight excluding hydrogens is 432 g/mol. The molecule has 0 atom stereocenters. The van der Waals surface area contributed by atoms with Gasteiger partial charge in [-0.05, 0) is 70.2 Å². The van der Waals surface area contributed by atoms with E-state index in [1.54, 1.807) is 12.4 Å². The zero-order valence-electron chi connectivity index (χ0n) is 16.6. The minimum atomic E-state index is -0.316. The first-order valence-electron chi connectivity index (χ1n) is 9.35. The van der Waals surface area contributed by atoms with Crippen LogP contribution in [0.4, 0.5) is 0 Å². The second-order valence-electron chi connectivity index (χ2n) is 7.02. The van der Waals surface area contributed by atoms with Crippen molar-refractivity contribution in [2.24, 2.45) is 11.5 Å². The van der Waals surface area contributed by atoms with Gasteiger partial charge in [0, 0.05) is 54.8 Å². The molecule has 0 radical (unpaired) electrons. The Morgan fingerprint density at radius 2 is 1.97 bits per heavy atom. The molecule has 1 aliphatic rings. The van der Waals surface area contributed by atoms with Gasteiger partial charge < -0.3 is 21.7 Å². The van der Waals surface area contributed by atoms with Crippen LogP contribution >= 0.6 is 15.9 Å². The Labute approximate surface area is 179 Å². The van der Waals surface area contributed by atoms with Gasteiger partial charge in [-0.2, -0.15) is 0 Å². The lowest BCUT2D eigenvalue weighted by Crippen LogP contribution is -2.35. The summed E-state index contributed by atoms with van der Waals surface area (Å²) in [6.07, 6.45) is 6.01. The van der Waals surface area contributed by atoms with Gasteiger partial charge in [-0.1, -0.05) is 0 Å². The fourth-order valence-electron chi connectivity index (χ4n) is 3.18. The maximum Gasteiger partial charge on any atom is 0.267 e. The molecule has 0 fully saturated rings. The number of hydrogen-bond donors (Lipinski definition) is 3. The minimum absolute atomic E-state index is 0.168. The number of amides is 1. The van der Waals surface area contributed by atoms with Crippen molar-refractivity contribution in [3.63, 3.8) is 0 Å².